The van der Waals surface area contributed by atoms with E-state index in [1.807, 2.05) is 7.05 Å². The normalized spacial score (nSPS) is 16.1. The molecule has 7 nitrogen and oxygen atoms in total. The lowest BCUT2D eigenvalue weighted by atomic mass is 10.1. The molecule has 0 radical (unpaired) electrons. The number of halogens is 3. The highest BCUT2D eigenvalue weighted by atomic mass is 32.2. The molecule has 1 amide bonds. The highest BCUT2D eigenvalue weighted by molar-refractivity contribution is 7.89. The number of ether oxygens (including phenoxy) is 1. The third-order valence-corrected chi connectivity index (χ3v) is 6.88. The minimum absolute atomic E-state index is 0.156. The summed E-state index contributed by atoms with van der Waals surface area (Å²) >= 11 is 0. The van der Waals surface area contributed by atoms with Crippen LogP contribution >= 0.6 is 0 Å². The van der Waals surface area contributed by atoms with Gasteiger partial charge in [0, 0.05) is 37.4 Å². The van der Waals surface area contributed by atoms with Crippen LogP contribution in [0.3, 0.4) is 0 Å². The number of benzene rings is 2. The number of carbonyl (C=O) groups excluding carboxylic acids is 1. The summed E-state index contributed by atoms with van der Waals surface area (Å²) < 4.78 is 67.9. The van der Waals surface area contributed by atoms with Crippen LogP contribution in [0, 0.1) is 0 Å². The van der Waals surface area contributed by atoms with E-state index in [9.17, 15) is 26.4 Å². The molecule has 1 heterocycles. The second-order valence-electron chi connectivity index (χ2n) is 7.49. The fourth-order valence-electron chi connectivity index (χ4n) is 3.13. The minimum atomic E-state index is -4.39. The van der Waals surface area contributed by atoms with Crippen molar-refractivity contribution in [3.8, 4) is 0 Å². The number of carbonyl (C=O) groups is 1. The van der Waals surface area contributed by atoms with Crippen LogP contribution in [-0.4, -0.2) is 69.5 Å². The van der Waals surface area contributed by atoms with Gasteiger partial charge in [-0.1, -0.05) is 12.1 Å². The van der Waals surface area contributed by atoms with Crippen LogP contribution in [0.25, 0.3) is 0 Å². The summed E-state index contributed by atoms with van der Waals surface area (Å²) in [6.07, 6.45) is -4.39. The Balaban J connectivity index is 1.57. The number of nitrogens with one attached hydrogen (secondary N) is 1. The Morgan fingerprint density at radius 1 is 1.00 bits per heavy atom. The first-order chi connectivity index (χ1) is 15.0. The first-order valence-electron chi connectivity index (χ1n) is 9.88. The number of rotatable bonds is 7. The molecular formula is C21H24F3N3O4S. The zero-order valence-corrected chi connectivity index (χ0v) is 18.2. The van der Waals surface area contributed by atoms with Crippen molar-refractivity contribution in [3.05, 3.63) is 59.7 Å². The van der Waals surface area contributed by atoms with Gasteiger partial charge in [-0.25, -0.2) is 8.42 Å². The van der Waals surface area contributed by atoms with Crippen molar-refractivity contribution in [3.63, 3.8) is 0 Å². The average molecular weight is 472 g/mol. The second-order valence-corrected chi connectivity index (χ2v) is 9.43. The van der Waals surface area contributed by atoms with Gasteiger partial charge < -0.3 is 15.0 Å². The molecule has 1 aliphatic heterocycles. The van der Waals surface area contributed by atoms with Crippen LogP contribution in [0.2, 0.25) is 0 Å². The van der Waals surface area contributed by atoms with Crippen LogP contribution in [0.15, 0.2) is 53.4 Å². The average Bonchev–Trinajstić information content (AvgIpc) is 2.74. The van der Waals surface area contributed by atoms with E-state index in [-0.39, 0.29) is 11.5 Å². The van der Waals surface area contributed by atoms with Crippen molar-refractivity contribution in [1.29, 1.82) is 0 Å². The number of likely N-dealkylation sites (N-methyl/N-ethyl adjacent to an activating group) is 1. The minimum Gasteiger partial charge on any atom is -0.367 e. The molecule has 2 aromatic carbocycles. The molecule has 0 saturated carbocycles. The number of hydrogen-bond acceptors (Lipinski definition) is 5. The van der Waals surface area contributed by atoms with E-state index in [0.717, 1.165) is 0 Å². The monoisotopic (exact) mass is 471 g/mol. The van der Waals surface area contributed by atoms with E-state index in [1.165, 1.54) is 52.8 Å². The van der Waals surface area contributed by atoms with Crippen molar-refractivity contribution in [2.24, 2.45) is 0 Å². The second kappa shape index (κ2) is 9.99. The van der Waals surface area contributed by atoms with Crippen molar-refractivity contribution in [1.82, 2.24) is 9.21 Å². The first kappa shape index (κ1) is 24.2. The maximum Gasteiger partial charge on any atom is 0.411 e. The third-order valence-electron chi connectivity index (χ3n) is 4.96. The van der Waals surface area contributed by atoms with Crippen LogP contribution in [0.4, 0.5) is 18.9 Å². The number of anilines is 1. The molecule has 1 aliphatic rings. The fourth-order valence-corrected chi connectivity index (χ4v) is 4.55. The highest BCUT2D eigenvalue weighted by Gasteiger charge is 2.28. The fraction of sp³-hybridized carbons (Fsp3) is 0.381. The standard InChI is InChI=1S/C21H24F3N3O4S/c1-26-10-12-27(13-11-26)32(29,30)19-8-6-18(7-9-19)25-20(28)17-4-2-16(3-5-17)14-31-15-21(22,23)24/h2-9H,10-15H2,1H3,(H,25,28). The highest BCUT2D eigenvalue weighted by Crippen LogP contribution is 2.20. The molecule has 0 unspecified atom stereocenters. The van der Waals surface area contributed by atoms with Gasteiger partial charge in [-0.05, 0) is 49.0 Å². The van der Waals surface area contributed by atoms with Crippen LogP contribution in [-0.2, 0) is 21.4 Å². The molecule has 2 aromatic rings. The van der Waals surface area contributed by atoms with Gasteiger partial charge in [0.15, 0.2) is 0 Å². The van der Waals surface area contributed by atoms with E-state index in [2.05, 4.69) is 15.0 Å². The van der Waals surface area contributed by atoms with E-state index in [1.54, 1.807) is 0 Å². The van der Waals surface area contributed by atoms with Gasteiger partial charge in [-0.15, -0.1) is 0 Å². The van der Waals surface area contributed by atoms with Gasteiger partial charge in [0.25, 0.3) is 5.91 Å². The molecule has 174 valence electrons. The van der Waals surface area contributed by atoms with Crippen molar-refractivity contribution in [2.75, 3.05) is 45.2 Å². The predicted octanol–water partition coefficient (Wildman–Crippen LogP) is 2.95. The predicted molar refractivity (Wildman–Crippen MR) is 113 cm³/mol. The molecule has 0 spiro atoms. The molecule has 1 fully saturated rings. The lowest BCUT2D eigenvalue weighted by molar-refractivity contribution is -0.176. The van der Waals surface area contributed by atoms with Crippen molar-refractivity contribution in [2.45, 2.75) is 17.7 Å². The van der Waals surface area contributed by atoms with Gasteiger partial charge >= 0.3 is 6.18 Å². The van der Waals surface area contributed by atoms with Gasteiger partial charge in [0.2, 0.25) is 10.0 Å². The molecule has 11 heteroatoms. The number of nitrogens with zero attached hydrogens (tertiary/aromatic N) is 2. The Kier molecular flexibility index (Phi) is 7.55. The third kappa shape index (κ3) is 6.52. The Morgan fingerprint density at radius 2 is 1.59 bits per heavy atom. The quantitative estimate of drug-likeness (QED) is 0.672. The van der Waals surface area contributed by atoms with Crippen molar-refractivity contribution < 1.29 is 31.1 Å². The van der Waals surface area contributed by atoms with Gasteiger partial charge in [0.05, 0.1) is 11.5 Å². The summed E-state index contributed by atoms with van der Waals surface area (Å²) in [4.78, 5) is 14.6. The molecule has 1 saturated heterocycles. The van der Waals surface area contributed by atoms with Gasteiger partial charge in [-0.3, -0.25) is 4.79 Å². The lowest BCUT2D eigenvalue weighted by Crippen LogP contribution is -2.46. The molecule has 0 aliphatic carbocycles. The van der Waals surface area contributed by atoms with Crippen LogP contribution in [0.5, 0.6) is 0 Å². The zero-order chi connectivity index (χ0) is 23.4. The maximum absolute atomic E-state index is 12.8. The SMILES string of the molecule is CN1CCN(S(=O)(=O)c2ccc(NC(=O)c3ccc(COCC(F)(F)F)cc3)cc2)CC1. The smallest absolute Gasteiger partial charge is 0.367 e. The summed E-state index contributed by atoms with van der Waals surface area (Å²) in [5.74, 6) is -0.428. The molecule has 0 bridgehead atoms. The molecule has 3 rings (SSSR count). The Morgan fingerprint density at radius 3 is 2.16 bits per heavy atom. The number of alkyl halides is 3. The molecular weight excluding hydrogens is 447 g/mol. The van der Waals surface area contributed by atoms with Crippen LogP contribution in [0.1, 0.15) is 15.9 Å². The van der Waals surface area contributed by atoms with E-state index in [4.69, 9.17) is 0 Å². The molecule has 1 N–H and O–H groups in total. The summed E-state index contributed by atoms with van der Waals surface area (Å²) in [5, 5.41) is 2.67. The summed E-state index contributed by atoms with van der Waals surface area (Å²) in [7, 11) is -1.65. The maximum atomic E-state index is 12.8. The molecule has 32 heavy (non-hydrogen) atoms. The van der Waals surface area contributed by atoms with E-state index in [0.29, 0.717) is 43.0 Å². The summed E-state index contributed by atoms with van der Waals surface area (Å²) in [6.45, 7) is 0.630. The number of hydrogen-bond donors (Lipinski definition) is 1. The van der Waals surface area contributed by atoms with Gasteiger partial charge in [-0.2, -0.15) is 17.5 Å². The molecule has 0 atom stereocenters. The van der Waals surface area contributed by atoms with Crippen LogP contribution < -0.4 is 5.32 Å². The lowest BCUT2D eigenvalue weighted by Gasteiger charge is -2.31. The number of amides is 1. The topological polar surface area (TPSA) is 79.0 Å². The number of piperazine rings is 1. The largest absolute Gasteiger partial charge is 0.411 e. The Hall–Kier alpha value is -2.47. The molecule has 0 aromatic heterocycles. The Labute approximate surface area is 184 Å². The summed E-state index contributed by atoms with van der Waals surface area (Å²) in [5.41, 5.74) is 1.23. The Bertz CT molecular complexity index is 1020. The number of sulfonamides is 1. The van der Waals surface area contributed by atoms with Crippen molar-refractivity contribution >= 4 is 21.6 Å². The summed E-state index contributed by atoms with van der Waals surface area (Å²) in [6, 6.07) is 11.9. The van der Waals surface area contributed by atoms with E-state index < -0.39 is 28.7 Å². The first-order valence-corrected chi connectivity index (χ1v) is 11.3. The van der Waals surface area contributed by atoms with Gasteiger partial charge in [0.1, 0.15) is 6.61 Å². The zero-order valence-electron chi connectivity index (χ0n) is 17.4. The van der Waals surface area contributed by atoms with E-state index >= 15 is 0 Å².